The maximum atomic E-state index is 9.72. The Labute approximate surface area is 146 Å². The zero-order valence-corrected chi connectivity index (χ0v) is 14.5. The highest BCUT2D eigenvalue weighted by molar-refractivity contribution is 6.33. The summed E-state index contributed by atoms with van der Waals surface area (Å²) < 4.78 is 7.66. The molecule has 0 aliphatic carbocycles. The number of rotatable bonds is 6. The predicted molar refractivity (Wildman–Crippen MR) is 93.0 cm³/mol. The molecule has 0 bridgehead atoms. The van der Waals surface area contributed by atoms with Crippen LogP contribution < -0.4 is 10.5 Å². The summed E-state index contributed by atoms with van der Waals surface area (Å²) in [5.74, 6) is 0.701. The molecule has 0 spiro atoms. The van der Waals surface area contributed by atoms with E-state index in [-0.39, 0.29) is 6.54 Å². The molecule has 2 heterocycles. The molecule has 1 atom stereocenters. The Morgan fingerprint density at radius 3 is 2.96 bits per heavy atom. The molecule has 0 amide bonds. The topological polar surface area (TPSA) is 76.5 Å². The molecule has 0 radical (unpaired) electrons. The highest BCUT2D eigenvalue weighted by Gasteiger charge is 2.22. The van der Waals surface area contributed by atoms with Crippen LogP contribution in [-0.2, 0) is 26.6 Å². The Balaban J connectivity index is 1.69. The molecule has 1 aliphatic rings. The zero-order chi connectivity index (χ0) is 17.1. The minimum absolute atomic E-state index is 0.283. The van der Waals surface area contributed by atoms with E-state index in [2.05, 4.69) is 16.1 Å². The van der Waals surface area contributed by atoms with Crippen molar-refractivity contribution in [3.63, 3.8) is 0 Å². The molecule has 0 fully saturated rings. The molecular weight excluding hydrogens is 328 g/mol. The molecule has 24 heavy (non-hydrogen) atoms. The van der Waals surface area contributed by atoms with E-state index in [0.717, 1.165) is 30.8 Å². The van der Waals surface area contributed by atoms with Gasteiger partial charge in [0, 0.05) is 39.4 Å². The zero-order valence-electron chi connectivity index (χ0n) is 13.8. The average molecular weight is 351 g/mol. The number of aryl methyl sites for hydroxylation is 1. The molecule has 7 heteroatoms. The van der Waals surface area contributed by atoms with Crippen LogP contribution in [0.4, 0.5) is 0 Å². The van der Waals surface area contributed by atoms with Crippen LogP contribution >= 0.6 is 11.6 Å². The third-order valence-corrected chi connectivity index (χ3v) is 4.83. The Morgan fingerprint density at radius 2 is 2.25 bits per heavy atom. The van der Waals surface area contributed by atoms with Gasteiger partial charge in [-0.1, -0.05) is 17.7 Å². The number of aliphatic hydroxyl groups is 1. The summed E-state index contributed by atoms with van der Waals surface area (Å²) in [5.41, 5.74) is 8.80. The number of hydrogen-bond acceptors (Lipinski definition) is 5. The van der Waals surface area contributed by atoms with Gasteiger partial charge in [-0.3, -0.25) is 9.58 Å². The second kappa shape index (κ2) is 7.53. The average Bonchev–Trinajstić information content (AvgIpc) is 2.99. The van der Waals surface area contributed by atoms with E-state index >= 15 is 0 Å². The van der Waals surface area contributed by atoms with Crippen molar-refractivity contribution in [3.05, 3.63) is 46.2 Å². The van der Waals surface area contributed by atoms with Gasteiger partial charge in [-0.2, -0.15) is 5.10 Å². The van der Waals surface area contributed by atoms with Gasteiger partial charge in [-0.05, 0) is 29.7 Å². The number of benzene rings is 1. The van der Waals surface area contributed by atoms with Crippen molar-refractivity contribution in [2.24, 2.45) is 12.8 Å². The summed E-state index contributed by atoms with van der Waals surface area (Å²) in [6.07, 6.45) is 2.11. The molecule has 1 aromatic heterocycles. The first-order valence-electron chi connectivity index (χ1n) is 8.09. The molecule has 3 N–H and O–H groups in total. The maximum absolute atomic E-state index is 9.72. The van der Waals surface area contributed by atoms with Gasteiger partial charge in [0.2, 0.25) is 0 Å². The van der Waals surface area contributed by atoms with Crippen molar-refractivity contribution in [3.8, 4) is 5.75 Å². The third-order valence-electron chi connectivity index (χ3n) is 4.42. The molecule has 1 aromatic carbocycles. The van der Waals surface area contributed by atoms with Crippen LogP contribution in [0.25, 0.3) is 0 Å². The van der Waals surface area contributed by atoms with Crippen molar-refractivity contribution in [1.29, 1.82) is 0 Å². The summed E-state index contributed by atoms with van der Waals surface area (Å²) >= 11 is 6.55. The number of hydrogen-bond donors (Lipinski definition) is 2. The van der Waals surface area contributed by atoms with Crippen LogP contribution in [0.1, 0.15) is 16.8 Å². The number of halogens is 1. The lowest BCUT2D eigenvalue weighted by atomic mass is 9.99. The predicted octanol–water partition coefficient (Wildman–Crippen LogP) is 1.33. The van der Waals surface area contributed by atoms with Gasteiger partial charge in [0.15, 0.2) is 0 Å². The van der Waals surface area contributed by atoms with Crippen molar-refractivity contribution >= 4 is 11.6 Å². The third kappa shape index (κ3) is 3.72. The second-order valence-corrected chi connectivity index (χ2v) is 6.50. The number of aliphatic hydroxyl groups excluding tert-OH is 1. The molecule has 0 unspecified atom stereocenters. The molecule has 1 aliphatic heterocycles. The van der Waals surface area contributed by atoms with E-state index in [1.807, 2.05) is 19.2 Å². The van der Waals surface area contributed by atoms with Gasteiger partial charge >= 0.3 is 0 Å². The molecule has 0 saturated carbocycles. The summed E-state index contributed by atoms with van der Waals surface area (Å²) in [5, 5.41) is 14.5. The highest BCUT2D eigenvalue weighted by Crippen LogP contribution is 2.34. The Bertz CT molecular complexity index is 704. The fourth-order valence-electron chi connectivity index (χ4n) is 2.98. The van der Waals surface area contributed by atoms with Gasteiger partial charge in [0.1, 0.15) is 12.4 Å². The lowest BCUT2D eigenvalue weighted by Gasteiger charge is -2.31. The first-order chi connectivity index (χ1) is 11.6. The number of nitrogens with zero attached hydrogens (tertiary/aromatic N) is 3. The standard InChI is InChI=1S/C17H23ClN4O2/c1-21-13(4-6-20-21)11-24-16-3-2-12-9-22(10-14(23)8-19)7-5-15(12)17(16)18/h2-4,6,14,23H,5,7-11,19H2,1H3/t14-/m0/s1. The molecule has 0 saturated heterocycles. The molecule has 130 valence electrons. The number of β-amino-alcohol motifs (C(OH)–C–C–N with tert-alkyl or cyclic N) is 1. The van der Waals surface area contributed by atoms with Crippen LogP contribution in [0, 0.1) is 0 Å². The lowest BCUT2D eigenvalue weighted by molar-refractivity contribution is 0.111. The summed E-state index contributed by atoms with van der Waals surface area (Å²) in [7, 11) is 1.89. The van der Waals surface area contributed by atoms with Crippen LogP contribution in [-0.4, -0.2) is 45.5 Å². The Hall–Kier alpha value is -1.60. The summed E-state index contributed by atoms with van der Waals surface area (Å²) in [4.78, 5) is 2.20. The largest absolute Gasteiger partial charge is 0.486 e. The normalized spacial score (nSPS) is 16.0. The van der Waals surface area contributed by atoms with Crippen LogP contribution in [0.15, 0.2) is 24.4 Å². The van der Waals surface area contributed by atoms with E-state index in [0.29, 0.717) is 23.9 Å². The minimum atomic E-state index is -0.483. The SMILES string of the molecule is Cn1nccc1COc1ccc2c(c1Cl)CCN(C[C@@H](O)CN)C2. The first-order valence-corrected chi connectivity index (χ1v) is 8.46. The Morgan fingerprint density at radius 1 is 1.42 bits per heavy atom. The molecular formula is C17H23ClN4O2. The fourth-order valence-corrected chi connectivity index (χ4v) is 3.32. The minimum Gasteiger partial charge on any atom is -0.486 e. The van der Waals surface area contributed by atoms with Gasteiger partial charge in [0.05, 0.1) is 16.8 Å². The molecule has 2 aromatic rings. The van der Waals surface area contributed by atoms with E-state index < -0.39 is 6.10 Å². The number of ether oxygens (including phenoxy) is 1. The van der Waals surface area contributed by atoms with E-state index in [1.165, 1.54) is 5.56 Å². The highest BCUT2D eigenvalue weighted by atomic mass is 35.5. The summed E-state index contributed by atoms with van der Waals surface area (Å²) in [6, 6.07) is 5.90. The monoisotopic (exact) mass is 350 g/mol. The number of fused-ring (bicyclic) bond motifs is 1. The van der Waals surface area contributed by atoms with Crippen LogP contribution in [0.2, 0.25) is 5.02 Å². The lowest BCUT2D eigenvalue weighted by Crippen LogP contribution is -2.39. The van der Waals surface area contributed by atoms with Gasteiger partial charge in [0.25, 0.3) is 0 Å². The second-order valence-electron chi connectivity index (χ2n) is 6.12. The van der Waals surface area contributed by atoms with E-state index in [9.17, 15) is 5.11 Å². The van der Waals surface area contributed by atoms with Gasteiger partial charge in [-0.25, -0.2) is 0 Å². The van der Waals surface area contributed by atoms with Crippen LogP contribution in [0.5, 0.6) is 5.75 Å². The molecule has 6 nitrogen and oxygen atoms in total. The van der Waals surface area contributed by atoms with Crippen molar-refractivity contribution in [1.82, 2.24) is 14.7 Å². The quantitative estimate of drug-likeness (QED) is 0.822. The maximum Gasteiger partial charge on any atom is 0.138 e. The van der Waals surface area contributed by atoms with Crippen molar-refractivity contribution in [2.75, 3.05) is 19.6 Å². The van der Waals surface area contributed by atoms with Gasteiger partial charge < -0.3 is 15.6 Å². The van der Waals surface area contributed by atoms with E-state index in [1.54, 1.807) is 10.9 Å². The van der Waals surface area contributed by atoms with Crippen molar-refractivity contribution in [2.45, 2.75) is 25.7 Å². The summed E-state index contributed by atoms with van der Waals surface area (Å²) in [6.45, 7) is 2.93. The fraction of sp³-hybridized carbons (Fsp3) is 0.471. The number of nitrogens with two attached hydrogens (primary N) is 1. The Kier molecular flexibility index (Phi) is 5.40. The van der Waals surface area contributed by atoms with Gasteiger partial charge in [-0.15, -0.1) is 0 Å². The van der Waals surface area contributed by atoms with Crippen LogP contribution in [0.3, 0.4) is 0 Å². The smallest absolute Gasteiger partial charge is 0.138 e. The number of aromatic nitrogens is 2. The molecule has 3 rings (SSSR count). The van der Waals surface area contributed by atoms with Crippen molar-refractivity contribution < 1.29 is 9.84 Å². The first kappa shape index (κ1) is 17.2. The van der Waals surface area contributed by atoms with E-state index in [4.69, 9.17) is 22.1 Å².